The minimum Gasteiger partial charge on any atom is -0.377 e. The third-order valence-corrected chi connectivity index (χ3v) is 2.97. The second-order valence-electron chi connectivity index (χ2n) is 3.98. The van der Waals surface area contributed by atoms with Gasteiger partial charge in [-0.2, -0.15) is 5.26 Å². The van der Waals surface area contributed by atoms with E-state index in [1.54, 1.807) is 0 Å². The lowest BCUT2D eigenvalue weighted by molar-refractivity contribution is 0.0590. The van der Waals surface area contributed by atoms with Crippen molar-refractivity contribution in [1.29, 1.82) is 5.26 Å². The Morgan fingerprint density at radius 3 is 3.21 bits per heavy atom. The third kappa shape index (κ3) is 2.24. The molecule has 2 saturated heterocycles. The molecule has 2 atom stereocenters. The van der Waals surface area contributed by atoms with Crippen molar-refractivity contribution >= 4 is 0 Å². The van der Waals surface area contributed by atoms with E-state index in [4.69, 9.17) is 10.00 Å². The SMILES string of the molecule is N#CC1CNCCN1CC1CCCO1. The monoisotopic (exact) mass is 195 g/mol. The van der Waals surface area contributed by atoms with E-state index in [1.165, 1.54) is 6.42 Å². The Morgan fingerprint density at radius 2 is 2.50 bits per heavy atom. The van der Waals surface area contributed by atoms with Gasteiger partial charge >= 0.3 is 0 Å². The van der Waals surface area contributed by atoms with Gasteiger partial charge in [0.15, 0.2) is 0 Å². The number of ether oxygens (including phenoxy) is 1. The van der Waals surface area contributed by atoms with Crippen LogP contribution in [0.2, 0.25) is 0 Å². The van der Waals surface area contributed by atoms with E-state index in [9.17, 15) is 0 Å². The first-order valence-electron chi connectivity index (χ1n) is 5.36. The summed E-state index contributed by atoms with van der Waals surface area (Å²) in [7, 11) is 0. The molecule has 0 aliphatic carbocycles. The Hall–Kier alpha value is -0.630. The third-order valence-electron chi connectivity index (χ3n) is 2.97. The van der Waals surface area contributed by atoms with Gasteiger partial charge in [-0.3, -0.25) is 4.90 Å². The minimum atomic E-state index is 0.0351. The number of nitriles is 1. The summed E-state index contributed by atoms with van der Waals surface area (Å²) in [5, 5.41) is 12.2. The average Bonchev–Trinajstić information content (AvgIpc) is 2.71. The predicted molar refractivity (Wildman–Crippen MR) is 52.8 cm³/mol. The molecule has 0 aromatic heterocycles. The van der Waals surface area contributed by atoms with E-state index in [0.29, 0.717) is 6.10 Å². The van der Waals surface area contributed by atoms with Gasteiger partial charge < -0.3 is 10.1 Å². The maximum Gasteiger partial charge on any atom is 0.110 e. The zero-order valence-electron chi connectivity index (χ0n) is 8.41. The van der Waals surface area contributed by atoms with E-state index in [2.05, 4.69) is 16.3 Å². The molecule has 0 aromatic carbocycles. The smallest absolute Gasteiger partial charge is 0.110 e. The summed E-state index contributed by atoms with van der Waals surface area (Å²) in [6, 6.07) is 2.37. The van der Waals surface area contributed by atoms with Crippen LogP contribution in [0.25, 0.3) is 0 Å². The zero-order valence-corrected chi connectivity index (χ0v) is 8.41. The summed E-state index contributed by atoms with van der Waals surface area (Å²) in [5.74, 6) is 0. The van der Waals surface area contributed by atoms with Crippen molar-refractivity contribution in [3.63, 3.8) is 0 Å². The molecule has 78 valence electrons. The fourth-order valence-electron chi connectivity index (χ4n) is 2.14. The van der Waals surface area contributed by atoms with E-state index >= 15 is 0 Å². The first-order chi connectivity index (χ1) is 6.90. The Bertz CT molecular complexity index is 220. The lowest BCUT2D eigenvalue weighted by Crippen LogP contribution is -2.52. The molecule has 2 aliphatic rings. The van der Waals surface area contributed by atoms with Crippen molar-refractivity contribution in [3.05, 3.63) is 0 Å². The predicted octanol–water partition coefficient (Wildman–Crippen LogP) is -0.0372. The van der Waals surface area contributed by atoms with Crippen LogP contribution in [0.5, 0.6) is 0 Å². The highest BCUT2D eigenvalue weighted by atomic mass is 16.5. The zero-order chi connectivity index (χ0) is 9.80. The second-order valence-corrected chi connectivity index (χ2v) is 3.98. The van der Waals surface area contributed by atoms with E-state index in [0.717, 1.165) is 39.2 Å². The number of nitrogens with one attached hydrogen (secondary N) is 1. The number of piperazine rings is 1. The van der Waals surface area contributed by atoms with Crippen molar-refractivity contribution in [2.45, 2.75) is 25.0 Å². The molecular weight excluding hydrogens is 178 g/mol. The highest BCUT2D eigenvalue weighted by Gasteiger charge is 2.26. The molecule has 2 aliphatic heterocycles. The molecule has 1 N–H and O–H groups in total. The van der Waals surface area contributed by atoms with Gasteiger partial charge in [0.25, 0.3) is 0 Å². The van der Waals surface area contributed by atoms with Gasteiger partial charge in [-0.15, -0.1) is 0 Å². The first kappa shape index (κ1) is 9.91. The number of rotatable bonds is 2. The van der Waals surface area contributed by atoms with E-state index in [-0.39, 0.29) is 6.04 Å². The van der Waals surface area contributed by atoms with Gasteiger partial charge in [-0.25, -0.2) is 0 Å². The van der Waals surface area contributed by atoms with Crippen molar-refractivity contribution in [1.82, 2.24) is 10.2 Å². The quantitative estimate of drug-likeness (QED) is 0.672. The summed E-state index contributed by atoms with van der Waals surface area (Å²) in [6.45, 7) is 4.58. The van der Waals surface area contributed by atoms with Crippen LogP contribution in [-0.4, -0.2) is 49.8 Å². The fourth-order valence-corrected chi connectivity index (χ4v) is 2.14. The van der Waals surface area contributed by atoms with Gasteiger partial charge in [0.05, 0.1) is 12.2 Å². The van der Waals surface area contributed by atoms with Crippen LogP contribution in [0.15, 0.2) is 0 Å². The molecule has 2 heterocycles. The van der Waals surface area contributed by atoms with Gasteiger partial charge in [0, 0.05) is 32.8 Å². The van der Waals surface area contributed by atoms with Crippen LogP contribution < -0.4 is 5.32 Å². The standard InChI is InChI=1S/C10H17N3O/c11-6-9-7-12-3-4-13(9)8-10-2-1-5-14-10/h9-10,12H,1-5,7-8H2. The number of nitrogens with zero attached hydrogens (tertiary/aromatic N) is 2. The summed E-state index contributed by atoms with van der Waals surface area (Å²) >= 11 is 0. The van der Waals surface area contributed by atoms with Crippen LogP contribution >= 0.6 is 0 Å². The van der Waals surface area contributed by atoms with Crippen LogP contribution in [0.1, 0.15) is 12.8 Å². The number of hydrogen-bond acceptors (Lipinski definition) is 4. The van der Waals surface area contributed by atoms with Crippen LogP contribution in [-0.2, 0) is 4.74 Å². The summed E-state index contributed by atoms with van der Waals surface area (Å²) in [6.07, 6.45) is 2.69. The highest BCUT2D eigenvalue weighted by molar-refractivity contribution is 4.96. The van der Waals surface area contributed by atoms with Gasteiger partial charge in [-0.05, 0) is 12.8 Å². The Kier molecular flexibility index (Phi) is 3.35. The normalized spacial score (nSPS) is 34.2. The van der Waals surface area contributed by atoms with Gasteiger partial charge in [0.1, 0.15) is 6.04 Å². The largest absolute Gasteiger partial charge is 0.377 e. The molecular formula is C10H17N3O. The van der Waals surface area contributed by atoms with Gasteiger partial charge in [-0.1, -0.05) is 0 Å². The van der Waals surface area contributed by atoms with Crippen molar-refractivity contribution < 1.29 is 4.74 Å². The lowest BCUT2D eigenvalue weighted by Gasteiger charge is -2.33. The first-order valence-corrected chi connectivity index (χ1v) is 5.36. The molecule has 14 heavy (non-hydrogen) atoms. The maximum absolute atomic E-state index is 8.96. The molecule has 4 heteroatoms. The lowest BCUT2D eigenvalue weighted by atomic mass is 10.1. The summed E-state index contributed by atoms with van der Waals surface area (Å²) in [4.78, 5) is 2.24. The molecule has 0 amide bonds. The molecule has 0 spiro atoms. The molecule has 0 bridgehead atoms. The Balaban J connectivity index is 1.84. The average molecular weight is 195 g/mol. The molecule has 0 aromatic rings. The topological polar surface area (TPSA) is 48.3 Å². The van der Waals surface area contributed by atoms with Crippen molar-refractivity contribution in [2.24, 2.45) is 0 Å². The van der Waals surface area contributed by atoms with E-state index in [1.807, 2.05) is 0 Å². The fraction of sp³-hybridized carbons (Fsp3) is 0.900. The molecule has 0 saturated carbocycles. The summed E-state index contributed by atoms with van der Waals surface area (Å²) < 4.78 is 5.58. The maximum atomic E-state index is 8.96. The van der Waals surface area contributed by atoms with Gasteiger partial charge in [0.2, 0.25) is 0 Å². The Labute approximate surface area is 84.8 Å². The van der Waals surface area contributed by atoms with Crippen LogP contribution in [0, 0.1) is 11.3 Å². The highest BCUT2D eigenvalue weighted by Crippen LogP contribution is 2.15. The van der Waals surface area contributed by atoms with E-state index < -0.39 is 0 Å². The molecule has 2 rings (SSSR count). The van der Waals surface area contributed by atoms with Crippen molar-refractivity contribution in [3.8, 4) is 6.07 Å². The Morgan fingerprint density at radius 1 is 1.57 bits per heavy atom. The van der Waals surface area contributed by atoms with Crippen LogP contribution in [0.4, 0.5) is 0 Å². The molecule has 2 fully saturated rings. The summed E-state index contributed by atoms with van der Waals surface area (Å²) in [5.41, 5.74) is 0. The molecule has 0 radical (unpaired) electrons. The number of hydrogen-bond donors (Lipinski definition) is 1. The van der Waals surface area contributed by atoms with Crippen molar-refractivity contribution in [2.75, 3.05) is 32.8 Å². The minimum absolute atomic E-state index is 0.0351. The van der Waals surface area contributed by atoms with Crippen LogP contribution in [0.3, 0.4) is 0 Å². The molecule has 2 unspecified atom stereocenters. The second kappa shape index (κ2) is 4.74. The molecule has 4 nitrogen and oxygen atoms in total.